The van der Waals surface area contributed by atoms with E-state index in [0.29, 0.717) is 5.15 Å². The third-order valence-corrected chi connectivity index (χ3v) is 2.37. The van der Waals surface area contributed by atoms with Crippen LogP contribution >= 0.6 is 23.4 Å². The molecule has 0 aromatic heterocycles. The molecule has 12 heavy (non-hydrogen) atoms. The molecule has 0 amide bonds. The topological polar surface area (TPSA) is 41.6 Å². The summed E-state index contributed by atoms with van der Waals surface area (Å²) in [6, 6.07) is 1.88. The number of thioether (sulfide) groups is 1. The smallest absolute Gasteiger partial charge is 0.167 e. The van der Waals surface area contributed by atoms with E-state index in [-0.39, 0.29) is 0 Å². The molecule has 2 aliphatic rings. The number of aromatic nitrogens is 3. The Balaban J connectivity index is 2.67. The van der Waals surface area contributed by atoms with Crippen LogP contribution in [0.3, 0.4) is 0 Å². The molecular weight excluding hydrogens is 194 g/mol. The van der Waals surface area contributed by atoms with Crippen molar-refractivity contribution in [1.82, 2.24) is 15.0 Å². The molecule has 5 heteroatoms. The van der Waals surface area contributed by atoms with Gasteiger partial charge in [-0.05, 0) is 12.3 Å². The Labute approximate surface area is 78.9 Å². The summed E-state index contributed by atoms with van der Waals surface area (Å²) in [6.45, 7) is 0. The molecule has 0 aliphatic carbocycles. The molecule has 0 spiro atoms. The summed E-state index contributed by atoms with van der Waals surface area (Å²) < 4.78 is 0. The third-order valence-electron chi connectivity index (χ3n) is 1.53. The molecule has 0 aromatic rings. The van der Waals surface area contributed by atoms with Crippen molar-refractivity contribution >= 4 is 23.4 Å². The van der Waals surface area contributed by atoms with Gasteiger partial charge in [-0.15, -0.1) is 0 Å². The number of hydrogen-bond donors (Lipinski definition) is 1. The molecule has 0 fully saturated rings. The number of fused-ring (bicyclic) bond motifs is 1. The molecule has 2 rings (SSSR count). The van der Waals surface area contributed by atoms with Crippen LogP contribution in [0.25, 0.3) is 11.4 Å². The van der Waals surface area contributed by atoms with Crippen LogP contribution in [0.1, 0.15) is 0 Å². The Morgan fingerprint density at radius 3 is 3.17 bits per heavy atom. The molecule has 0 atom stereocenters. The van der Waals surface area contributed by atoms with Gasteiger partial charge in [0, 0.05) is 6.20 Å². The van der Waals surface area contributed by atoms with Crippen molar-refractivity contribution in [2.45, 2.75) is 5.16 Å². The Morgan fingerprint density at radius 2 is 2.42 bits per heavy atom. The molecule has 2 heterocycles. The molecule has 3 nitrogen and oxygen atoms in total. The highest BCUT2D eigenvalue weighted by Crippen LogP contribution is 2.26. The highest BCUT2D eigenvalue weighted by Gasteiger charge is 2.11. The van der Waals surface area contributed by atoms with Crippen molar-refractivity contribution in [3.8, 4) is 11.4 Å². The van der Waals surface area contributed by atoms with Gasteiger partial charge in [0.2, 0.25) is 0 Å². The standard InChI is InChI=1S/C7H6ClN3S/c1-12-7-10-4-2-3-9-5(4)6(8)11-7/h2-3H,1H3,(H,10,11). The summed E-state index contributed by atoms with van der Waals surface area (Å²) in [5.74, 6) is 0. The number of nitrogens with zero attached hydrogens (tertiary/aromatic N) is 2. The lowest BCUT2D eigenvalue weighted by atomic mass is 10.3. The second kappa shape index (κ2) is 2.95. The highest BCUT2D eigenvalue weighted by atomic mass is 35.5. The van der Waals surface area contributed by atoms with E-state index in [4.69, 9.17) is 11.6 Å². The Bertz CT molecular complexity index is 373. The van der Waals surface area contributed by atoms with E-state index in [1.807, 2.05) is 12.3 Å². The lowest BCUT2D eigenvalue weighted by Crippen LogP contribution is -1.91. The van der Waals surface area contributed by atoms with Gasteiger partial charge in [0.25, 0.3) is 0 Å². The van der Waals surface area contributed by atoms with Gasteiger partial charge >= 0.3 is 0 Å². The van der Waals surface area contributed by atoms with Crippen LogP contribution in [0.5, 0.6) is 0 Å². The van der Waals surface area contributed by atoms with Crippen molar-refractivity contribution in [3.63, 3.8) is 0 Å². The molecule has 0 saturated carbocycles. The number of halogens is 1. The highest BCUT2D eigenvalue weighted by molar-refractivity contribution is 7.98. The van der Waals surface area contributed by atoms with Crippen molar-refractivity contribution in [2.24, 2.45) is 0 Å². The second-order valence-corrected chi connectivity index (χ2v) is 3.40. The van der Waals surface area contributed by atoms with Crippen LogP contribution in [0.2, 0.25) is 5.15 Å². The lowest BCUT2D eigenvalue weighted by Gasteiger charge is -2.02. The van der Waals surface area contributed by atoms with Crippen LogP contribution in [0.15, 0.2) is 17.4 Å². The Kier molecular flexibility index (Phi) is 1.94. The van der Waals surface area contributed by atoms with Crippen LogP contribution < -0.4 is 0 Å². The molecule has 0 saturated heterocycles. The zero-order valence-electron chi connectivity index (χ0n) is 6.34. The van der Waals surface area contributed by atoms with Crippen LogP contribution in [0.4, 0.5) is 0 Å². The predicted octanol–water partition coefficient (Wildman–Crippen LogP) is 2.28. The fourth-order valence-corrected chi connectivity index (χ4v) is 1.66. The summed E-state index contributed by atoms with van der Waals surface area (Å²) in [5, 5.41) is 1.26. The van der Waals surface area contributed by atoms with Crippen molar-refractivity contribution in [2.75, 3.05) is 6.26 Å². The monoisotopic (exact) mass is 199 g/mol. The van der Waals surface area contributed by atoms with E-state index in [1.54, 1.807) is 6.20 Å². The molecule has 0 unspecified atom stereocenters. The number of hydrogen-bond acceptors (Lipinski definition) is 3. The van der Waals surface area contributed by atoms with Gasteiger partial charge in [0.05, 0.1) is 5.69 Å². The summed E-state index contributed by atoms with van der Waals surface area (Å²) >= 11 is 7.40. The average molecular weight is 200 g/mol. The van der Waals surface area contributed by atoms with E-state index < -0.39 is 0 Å². The number of rotatable bonds is 1. The molecule has 0 bridgehead atoms. The summed E-state index contributed by atoms with van der Waals surface area (Å²) in [4.78, 5) is 11.3. The van der Waals surface area contributed by atoms with Gasteiger partial charge in [-0.2, -0.15) is 0 Å². The van der Waals surface area contributed by atoms with Gasteiger partial charge in [-0.1, -0.05) is 23.4 Å². The molecule has 1 N–H and O–H groups in total. The van der Waals surface area contributed by atoms with Crippen molar-refractivity contribution < 1.29 is 0 Å². The minimum Gasteiger partial charge on any atom is -0.333 e. The maximum atomic E-state index is 5.88. The zero-order chi connectivity index (χ0) is 8.55. The first-order valence-electron chi connectivity index (χ1n) is 3.35. The van der Waals surface area contributed by atoms with Gasteiger partial charge < -0.3 is 4.98 Å². The van der Waals surface area contributed by atoms with E-state index in [9.17, 15) is 0 Å². The van der Waals surface area contributed by atoms with Gasteiger partial charge in [-0.3, -0.25) is 4.98 Å². The predicted molar refractivity (Wildman–Crippen MR) is 49.8 cm³/mol. The minimum absolute atomic E-state index is 0.457. The first-order chi connectivity index (χ1) is 5.81. The average Bonchev–Trinajstić information content (AvgIpc) is 2.52. The SMILES string of the molecule is CSc1nc(Cl)c2nccc-2[nH]1. The molecule has 0 radical (unpaired) electrons. The number of aromatic amines is 1. The van der Waals surface area contributed by atoms with Crippen molar-refractivity contribution in [3.05, 3.63) is 17.4 Å². The van der Waals surface area contributed by atoms with Gasteiger partial charge in [-0.25, -0.2) is 4.98 Å². The molecule has 62 valence electrons. The third kappa shape index (κ3) is 1.17. The maximum Gasteiger partial charge on any atom is 0.167 e. The zero-order valence-corrected chi connectivity index (χ0v) is 7.91. The number of nitrogens with one attached hydrogen (secondary N) is 1. The van der Waals surface area contributed by atoms with Crippen molar-refractivity contribution in [1.29, 1.82) is 0 Å². The lowest BCUT2D eigenvalue weighted by molar-refractivity contribution is 0.971. The van der Waals surface area contributed by atoms with Crippen LogP contribution in [-0.4, -0.2) is 21.2 Å². The van der Waals surface area contributed by atoms with Crippen LogP contribution in [0, 0.1) is 0 Å². The first-order valence-corrected chi connectivity index (χ1v) is 4.96. The van der Waals surface area contributed by atoms with Gasteiger partial charge in [0.15, 0.2) is 10.3 Å². The Morgan fingerprint density at radius 1 is 1.58 bits per heavy atom. The largest absolute Gasteiger partial charge is 0.333 e. The second-order valence-electron chi connectivity index (χ2n) is 2.24. The van der Waals surface area contributed by atoms with E-state index >= 15 is 0 Å². The molecular formula is C7H6ClN3S. The fourth-order valence-electron chi connectivity index (χ4n) is 0.982. The van der Waals surface area contributed by atoms with E-state index in [0.717, 1.165) is 16.5 Å². The van der Waals surface area contributed by atoms with Crippen LogP contribution in [-0.2, 0) is 0 Å². The van der Waals surface area contributed by atoms with E-state index in [1.165, 1.54) is 11.8 Å². The first kappa shape index (κ1) is 7.89. The quantitative estimate of drug-likeness (QED) is 0.435. The van der Waals surface area contributed by atoms with Gasteiger partial charge in [0.1, 0.15) is 5.69 Å². The normalized spacial score (nSPS) is 10.8. The summed E-state index contributed by atoms with van der Waals surface area (Å²) in [6.07, 6.45) is 3.65. The minimum atomic E-state index is 0.457. The fraction of sp³-hybridized carbons (Fsp3) is 0.143. The summed E-state index contributed by atoms with van der Waals surface area (Å²) in [5.41, 5.74) is 1.66. The summed E-state index contributed by atoms with van der Waals surface area (Å²) in [7, 11) is 0. The molecule has 0 aromatic carbocycles. The molecule has 2 aliphatic heterocycles. The Hall–Kier alpha value is -0.740. The number of H-pyrrole nitrogens is 1. The van der Waals surface area contributed by atoms with E-state index in [2.05, 4.69) is 15.0 Å². The maximum absolute atomic E-state index is 5.88.